The Morgan fingerprint density at radius 3 is 2.57 bits per heavy atom. The Balaban J connectivity index is 1.82. The van der Waals surface area contributed by atoms with E-state index < -0.39 is 0 Å². The summed E-state index contributed by atoms with van der Waals surface area (Å²) in [7, 11) is 0. The Hall–Kier alpha value is -1.51. The molecule has 0 spiro atoms. The molecule has 0 saturated carbocycles. The number of nitrogens with zero attached hydrogens (tertiary/aromatic N) is 2. The fourth-order valence-electron chi connectivity index (χ4n) is 2.17. The van der Waals surface area contributed by atoms with E-state index >= 15 is 0 Å². The molecular weight excluding hydrogens is 408 g/mol. The van der Waals surface area contributed by atoms with Crippen molar-refractivity contribution in [3.8, 4) is 5.75 Å². The lowest BCUT2D eigenvalue weighted by atomic mass is 10.3. The highest BCUT2D eigenvalue weighted by Gasteiger charge is 2.06. The standard InChI is InChI=1S/C20H28N4OS3/c1-4-6-12-25-17-10-8-16(9-11-17)24-28-20(26)23-18-14-15(3)21-19(22-18)27-13-7-5-2/h8-11,14,24H,4-7,12-13H2,1-3H3,(H,21,22,23,26). The zero-order valence-electron chi connectivity index (χ0n) is 16.7. The van der Waals surface area contributed by atoms with Crippen molar-refractivity contribution in [2.75, 3.05) is 22.4 Å². The zero-order valence-corrected chi connectivity index (χ0v) is 19.1. The van der Waals surface area contributed by atoms with Crippen molar-refractivity contribution in [3.63, 3.8) is 0 Å². The molecule has 2 rings (SSSR count). The number of aryl methyl sites for hydroxylation is 1. The Kier molecular flexibility index (Phi) is 10.5. The number of hydrogen-bond acceptors (Lipinski definition) is 7. The third kappa shape index (κ3) is 8.67. The van der Waals surface area contributed by atoms with Crippen LogP contribution in [0, 0.1) is 6.92 Å². The molecule has 0 aliphatic rings. The molecule has 1 heterocycles. The molecule has 0 aliphatic heterocycles. The number of nitrogens with one attached hydrogen (secondary N) is 2. The van der Waals surface area contributed by atoms with Gasteiger partial charge in [0.1, 0.15) is 11.6 Å². The lowest BCUT2D eigenvalue weighted by Gasteiger charge is -2.11. The summed E-state index contributed by atoms with van der Waals surface area (Å²) in [5.41, 5.74) is 1.89. The summed E-state index contributed by atoms with van der Waals surface area (Å²) in [6, 6.07) is 9.78. The van der Waals surface area contributed by atoms with Gasteiger partial charge in [-0.1, -0.05) is 50.7 Å². The van der Waals surface area contributed by atoms with E-state index in [-0.39, 0.29) is 0 Å². The molecule has 2 aromatic rings. The number of benzene rings is 1. The predicted octanol–water partition coefficient (Wildman–Crippen LogP) is 6.31. The molecule has 28 heavy (non-hydrogen) atoms. The monoisotopic (exact) mass is 436 g/mol. The molecule has 0 radical (unpaired) electrons. The molecule has 0 bridgehead atoms. The van der Waals surface area contributed by atoms with Crippen molar-refractivity contribution in [2.24, 2.45) is 0 Å². The van der Waals surface area contributed by atoms with Crippen LogP contribution in [0.4, 0.5) is 11.5 Å². The smallest absolute Gasteiger partial charge is 0.189 e. The molecule has 8 heteroatoms. The van der Waals surface area contributed by atoms with E-state index in [1.165, 1.54) is 18.4 Å². The second-order valence-electron chi connectivity index (χ2n) is 6.22. The molecule has 1 aromatic heterocycles. The molecule has 1 aromatic carbocycles. The Morgan fingerprint density at radius 1 is 1.11 bits per heavy atom. The summed E-state index contributed by atoms with van der Waals surface area (Å²) in [6.07, 6.45) is 4.52. The molecule has 5 nitrogen and oxygen atoms in total. The number of ether oxygens (including phenoxy) is 1. The van der Waals surface area contributed by atoms with Gasteiger partial charge in [0.05, 0.1) is 6.61 Å². The van der Waals surface area contributed by atoms with Crippen molar-refractivity contribution in [1.29, 1.82) is 0 Å². The van der Waals surface area contributed by atoms with Gasteiger partial charge in [0.25, 0.3) is 0 Å². The van der Waals surface area contributed by atoms with E-state index in [0.29, 0.717) is 4.32 Å². The largest absolute Gasteiger partial charge is 0.494 e. The van der Waals surface area contributed by atoms with Crippen LogP contribution in [0.3, 0.4) is 0 Å². The van der Waals surface area contributed by atoms with E-state index in [9.17, 15) is 0 Å². The van der Waals surface area contributed by atoms with Gasteiger partial charge in [0.2, 0.25) is 0 Å². The highest BCUT2D eigenvalue weighted by atomic mass is 32.2. The zero-order chi connectivity index (χ0) is 20.2. The van der Waals surface area contributed by atoms with Gasteiger partial charge < -0.3 is 14.8 Å². The van der Waals surface area contributed by atoms with Gasteiger partial charge in [-0.05, 0) is 44.0 Å². The van der Waals surface area contributed by atoms with Crippen LogP contribution in [-0.4, -0.2) is 26.6 Å². The van der Waals surface area contributed by atoms with Crippen LogP contribution in [0.1, 0.15) is 45.2 Å². The molecule has 0 amide bonds. The number of thioether (sulfide) groups is 1. The van der Waals surface area contributed by atoms with Crippen molar-refractivity contribution >= 4 is 51.8 Å². The van der Waals surface area contributed by atoms with Crippen LogP contribution >= 0.6 is 35.9 Å². The second kappa shape index (κ2) is 12.9. The van der Waals surface area contributed by atoms with Crippen LogP contribution in [0.2, 0.25) is 0 Å². The molecule has 0 fully saturated rings. The highest BCUT2D eigenvalue weighted by molar-refractivity contribution is 8.24. The van der Waals surface area contributed by atoms with Crippen LogP contribution in [0.25, 0.3) is 0 Å². The Bertz CT molecular complexity index is 741. The first-order valence-electron chi connectivity index (χ1n) is 9.56. The fourth-order valence-corrected chi connectivity index (χ4v) is 3.89. The van der Waals surface area contributed by atoms with Gasteiger partial charge in [-0.15, -0.1) is 0 Å². The van der Waals surface area contributed by atoms with E-state index in [1.54, 1.807) is 11.8 Å². The van der Waals surface area contributed by atoms with E-state index in [2.05, 4.69) is 33.9 Å². The first-order valence-corrected chi connectivity index (χ1v) is 11.8. The molecule has 2 N–H and O–H groups in total. The average molecular weight is 437 g/mol. The Morgan fingerprint density at radius 2 is 1.86 bits per heavy atom. The number of hydrogen-bond donors (Lipinski definition) is 2. The number of anilines is 2. The topological polar surface area (TPSA) is 59.1 Å². The van der Waals surface area contributed by atoms with Gasteiger partial charge in [-0.25, -0.2) is 9.97 Å². The van der Waals surface area contributed by atoms with Crippen molar-refractivity contribution in [3.05, 3.63) is 36.0 Å². The number of rotatable bonds is 11. The van der Waals surface area contributed by atoms with Crippen molar-refractivity contribution in [1.82, 2.24) is 9.97 Å². The minimum atomic E-state index is 0.603. The summed E-state index contributed by atoms with van der Waals surface area (Å²) in [4.78, 5) is 9.02. The minimum absolute atomic E-state index is 0.603. The van der Waals surface area contributed by atoms with Crippen LogP contribution in [-0.2, 0) is 0 Å². The molecule has 0 aliphatic carbocycles. The molecule has 0 atom stereocenters. The van der Waals surface area contributed by atoms with Crippen molar-refractivity contribution < 1.29 is 4.74 Å². The number of aromatic nitrogens is 2. The highest BCUT2D eigenvalue weighted by Crippen LogP contribution is 2.21. The average Bonchev–Trinajstić information content (AvgIpc) is 2.67. The second-order valence-corrected chi connectivity index (χ2v) is 8.77. The van der Waals surface area contributed by atoms with Crippen LogP contribution in [0.5, 0.6) is 5.75 Å². The van der Waals surface area contributed by atoms with Gasteiger partial charge in [0.15, 0.2) is 9.48 Å². The third-order valence-electron chi connectivity index (χ3n) is 3.68. The summed E-state index contributed by atoms with van der Waals surface area (Å²) >= 11 is 8.45. The molecule has 0 saturated heterocycles. The van der Waals surface area contributed by atoms with Gasteiger partial charge in [-0.3, -0.25) is 0 Å². The van der Waals surface area contributed by atoms with Crippen LogP contribution < -0.4 is 14.8 Å². The third-order valence-corrected chi connectivity index (χ3v) is 5.59. The maximum Gasteiger partial charge on any atom is 0.189 e. The maximum absolute atomic E-state index is 5.67. The molecule has 0 unspecified atom stereocenters. The summed E-state index contributed by atoms with van der Waals surface area (Å²) in [5.74, 6) is 2.64. The summed E-state index contributed by atoms with van der Waals surface area (Å²) < 4.78 is 9.52. The lowest BCUT2D eigenvalue weighted by Crippen LogP contribution is -2.10. The maximum atomic E-state index is 5.67. The van der Waals surface area contributed by atoms with E-state index in [4.69, 9.17) is 17.0 Å². The fraction of sp³-hybridized carbons (Fsp3) is 0.450. The van der Waals surface area contributed by atoms with E-state index in [0.717, 1.165) is 59.7 Å². The Labute approximate surface area is 182 Å². The lowest BCUT2D eigenvalue weighted by molar-refractivity contribution is 0.309. The quantitative estimate of drug-likeness (QED) is 0.140. The van der Waals surface area contributed by atoms with E-state index in [1.807, 2.05) is 37.3 Å². The molecule has 152 valence electrons. The van der Waals surface area contributed by atoms with Gasteiger partial charge >= 0.3 is 0 Å². The predicted molar refractivity (Wildman–Crippen MR) is 127 cm³/mol. The number of thiocarbonyl (C=S) groups is 1. The first kappa shape index (κ1) is 22.8. The first-order chi connectivity index (χ1) is 13.6. The minimum Gasteiger partial charge on any atom is -0.494 e. The van der Waals surface area contributed by atoms with Crippen LogP contribution in [0.15, 0.2) is 35.5 Å². The normalized spacial score (nSPS) is 10.5. The summed E-state index contributed by atoms with van der Waals surface area (Å²) in [5, 5.41) is 3.96. The van der Waals surface area contributed by atoms with Gasteiger partial charge in [0, 0.05) is 35.1 Å². The SMILES string of the molecule is CCCCOc1ccc(NSC(=S)Nc2cc(C)nc(SCCCC)n2)cc1. The summed E-state index contributed by atoms with van der Waals surface area (Å²) in [6.45, 7) is 7.05. The van der Waals surface area contributed by atoms with Gasteiger partial charge in [-0.2, -0.15) is 0 Å². The number of unbranched alkanes of at least 4 members (excludes halogenated alkanes) is 2. The molecular formula is C20H28N4OS3. The van der Waals surface area contributed by atoms with Crippen molar-refractivity contribution in [2.45, 2.75) is 51.6 Å².